The largest absolute Gasteiger partial charge is 0.351 e. The van der Waals surface area contributed by atoms with Gasteiger partial charge in [-0.05, 0) is 55.0 Å². The lowest BCUT2D eigenvalue weighted by molar-refractivity contribution is -0.134. The average Bonchev–Trinajstić information content (AvgIpc) is 3.36. The summed E-state index contributed by atoms with van der Waals surface area (Å²) in [7, 11) is 0. The van der Waals surface area contributed by atoms with Crippen LogP contribution in [0.3, 0.4) is 0 Å². The fraction of sp³-hybridized carbons (Fsp3) is 0.462. The predicted molar refractivity (Wildman–Crippen MR) is 129 cm³/mol. The molecule has 1 N–H and O–H groups in total. The second-order valence-electron chi connectivity index (χ2n) is 9.59. The molecular weight excluding hydrogens is 437 g/mol. The van der Waals surface area contributed by atoms with Gasteiger partial charge in [0.2, 0.25) is 5.91 Å². The molecule has 1 fully saturated rings. The van der Waals surface area contributed by atoms with Crippen molar-refractivity contribution < 1.29 is 14.0 Å². The molecule has 3 heterocycles. The summed E-state index contributed by atoms with van der Waals surface area (Å²) in [5.41, 5.74) is 1.36. The van der Waals surface area contributed by atoms with E-state index in [4.69, 9.17) is 0 Å². The van der Waals surface area contributed by atoms with E-state index >= 15 is 0 Å². The van der Waals surface area contributed by atoms with Crippen LogP contribution in [0.1, 0.15) is 67.9 Å². The monoisotopic (exact) mass is 467 g/mol. The van der Waals surface area contributed by atoms with Gasteiger partial charge in [0.1, 0.15) is 17.1 Å². The number of carbonyl (C=O) groups is 2. The highest BCUT2D eigenvalue weighted by Gasteiger charge is 2.48. The Morgan fingerprint density at radius 3 is 2.55 bits per heavy atom. The van der Waals surface area contributed by atoms with Crippen LogP contribution in [0, 0.1) is 5.82 Å². The van der Waals surface area contributed by atoms with E-state index in [1.807, 2.05) is 29.0 Å². The van der Waals surface area contributed by atoms with Crippen molar-refractivity contribution in [3.05, 3.63) is 58.9 Å². The van der Waals surface area contributed by atoms with Gasteiger partial charge < -0.3 is 14.8 Å². The third-order valence-electron chi connectivity index (χ3n) is 7.23. The van der Waals surface area contributed by atoms with Crippen LogP contribution < -0.4 is 5.32 Å². The summed E-state index contributed by atoms with van der Waals surface area (Å²) in [4.78, 5) is 29.2. The maximum Gasteiger partial charge on any atom is 0.271 e. The first-order valence-corrected chi connectivity index (χ1v) is 12.8. The van der Waals surface area contributed by atoms with Crippen LogP contribution in [-0.4, -0.2) is 32.9 Å². The van der Waals surface area contributed by atoms with Gasteiger partial charge in [-0.1, -0.05) is 44.2 Å². The second-order valence-corrected chi connectivity index (χ2v) is 10.5. The summed E-state index contributed by atoms with van der Waals surface area (Å²) < 4.78 is 16.5. The molecule has 7 heteroatoms. The Hall–Kier alpha value is -2.67. The number of amides is 2. The minimum Gasteiger partial charge on any atom is -0.351 e. The van der Waals surface area contributed by atoms with Crippen molar-refractivity contribution in [3.63, 3.8) is 0 Å². The molecule has 0 spiro atoms. The molecule has 0 saturated heterocycles. The van der Waals surface area contributed by atoms with Gasteiger partial charge in [-0.2, -0.15) is 0 Å². The fourth-order valence-electron chi connectivity index (χ4n) is 5.23. The first-order chi connectivity index (χ1) is 16.0. The Kier molecular flexibility index (Phi) is 5.99. The molecule has 1 atom stereocenters. The van der Waals surface area contributed by atoms with Gasteiger partial charge in [0, 0.05) is 12.6 Å². The molecule has 5 nitrogen and oxygen atoms in total. The number of benzene rings is 1. The quantitative estimate of drug-likeness (QED) is 0.552. The van der Waals surface area contributed by atoms with E-state index in [9.17, 15) is 14.0 Å². The van der Waals surface area contributed by atoms with E-state index in [2.05, 4.69) is 5.32 Å². The average molecular weight is 468 g/mol. The molecule has 174 valence electrons. The van der Waals surface area contributed by atoms with E-state index in [1.165, 1.54) is 31.4 Å². The third kappa shape index (κ3) is 4.19. The lowest BCUT2D eigenvalue weighted by Crippen LogP contribution is -2.64. The molecule has 3 aromatic rings. The SMILES string of the molecule is C[C@@]1(C(=O)NC2CCCCCCC2)Cn2c(cc3sccc32)C(=O)N1Cc1ccc(F)cc1. The zero-order valence-corrected chi connectivity index (χ0v) is 19.8. The highest BCUT2D eigenvalue weighted by molar-refractivity contribution is 7.17. The van der Waals surface area contributed by atoms with E-state index in [0.717, 1.165) is 41.5 Å². The van der Waals surface area contributed by atoms with Crippen molar-refractivity contribution in [1.82, 2.24) is 14.8 Å². The van der Waals surface area contributed by atoms with Gasteiger partial charge in [0.25, 0.3) is 5.91 Å². The molecule has 5 rings (SSSR count). The molecule has 1 aliphatic heterocycles. The molecule has 1 aliphatic carbocycles. The number of aromatic nitrogens is 1. The van der Waals surface area contributed by atoms with Crippen LogP contribution in [0.15, 0.2) is 41.8 Å². The zero-order valence-electron chi connectivity index (χ0n) is 19.0. The summed E-state index contributed by atoms with van der Waals surface area (Å²) in [6, 6.07) is 10.2. The maximum atomic E-state index is 13.8. The molecule has 0 unspecified atom stereocenters. The molecule has 1 saturated carbocycles. The number of halogens is 1. The number of nitrogens with zero attached hydrogens (tertiary/aromatic N) is 2. The number of hydrogen-bond acceptors (Lipinski definition) is 3. The number of carbonyl (C=O) groups excluding carboxylic acids is 2. The van der Waals surface area contributed by atoms with Gasteiger partial charge >= 0.3 is 0 Å². The van der Waals surface area contributed by atoms with Crippen LogP contribution in [0.4, 0.5) is 4.39 Å². The highest BCUT2D eigenvalue weighted by atomic mass is 32.1. The first kappa shape index (κ1) is 22.1. The smallest absolute Gasteiger partial charge is 0.271 e. The van der Waals surface area contributed by atoms with Crippen LogP contribution in [0.5, 0.6) is 0 Å². The van der Waals surface area contributed by atoms with Crippen LogP contribution in [0.25, 0.3) is 10.2 Å². The first-order valence-electron chi connectivity index (χ1n) is 11.9. The Bertz CT molecular complexity index is 1160. The molecule has 2 aliphatic rings. The minimum absolute atomic E-state index is 0.105. The van der Waals surface area contributed by atoms with E-state index in [1.54, 1.807) is 28.4 Å². The normalized spacial score (nSPS) is 22.1. The molecule has 2 aromatic heterocycles. The lowest BCUT2D eigenvalue weighted by Gasteiger charge is -2.44. The molecule has 1 aromatic carbocycles. The maximum absolute atomic E-state index is 13.8. The molecule has 0 radical (unpaired) electrons. The van der Waals surface area contributed by atoms with Gasteiger partial charge in [-0.15, -0.1) is 11.3 Å². The van der Waals surface area contributed by atoms with Crippen LogP contribution in [-0.2, 0) is 17.9 Å². The summed E-state index contributed by atoms with van der Waals surface area (Å²) in [6.07, 6.45) is 7.90. The third-order valence-corrected chi connectivity index (χ3v) is 8.09. The Labute approximate surface area is 197 Å². The molecular formula is C26H30FN3O2S. The summed E-state index contributed by atoms with van der Waals surface area (Å²) >= 11 is 1.60. The Balaban J connectivity index is 1.49. The van der Waals surface area contributed by atoms with E-state index in [-0.39, 0.29) is 30.2 Å². The molecule has 2 amide bonds. The zero-order chi connectivity index (χ0) is 23.0. The minimum atomic E-state index is -1.05. The molecule has 33 heavy (non-hydrogen) atoms. The summed E-state index contributed by atoms with van der Waals surface area (Å²) in [5, 5.41) is 5.32. The molecule has 0 bridgehead atoms. The number of nitrogens with one attached hydrogen (secondary N) is 1. The Morgan fingerprint density at radius 1 is 1.12 bits per heavy atom. The van der Waals surface area contributed by atoms with Crippen molar-refractivity contribution in [2.45, 2.75) is 76.5 Å². The lowest BCUT2D eigenvalue weighted by atomic mass is 9.91. The van der Waals surface area contributed by atoms with Gasteiger partial charge in [0.05, 0.1) is 16.8 Å². The van der Waals surface area contributed by atoms with Crippen molar-refractivity contribution in [2.24, 2.45) is 0 Å². The van der Waals surface area contributed by atoms with Crippen molar-refractivity contribution in [2.75, 3.05) is 0 Å². The van der Waals surface area contributed by atoms with Crippen molar-refractivity contribution >= 4 is 33.4 Å². The highest BCUT2D eigenvalue weighted by Crippen LogP contribution is 2.35. The van der Waals surface area contributed by atoms with E-state index < -0.39 is 5.54 Å². The van der Waals surface area contributed by atoms with E-state index in [0.29, 0.717) is 12.2 Å². The number of fused-ring (bicyclic) bond motifs is 3. The van der Waals surface area contributed by atoms with Gasteiger partial charge in [0.15, 0.2) is 0 Å². The van der Waals surface area contributed by atoms with Crippen molar-refractivity contribution in [3.8, 4) is 0 Å². The van der Waals surface area contributed by atoms with Crippen LogP contribution in [0.2, 0.25) is 0 Å². The van der Waals surface area contributed by atoms with Crippen molar-refractivity contribution in [1.29, 1.82) is 0 Å². The topological polar surface area (TPSA) is 54.3 Å². The van der Waals surface area contributed by atoms with Gasteiger partial charge in [-0.3, -0.25) is 9.59 Å². The number of thiophene rings is 1. The number of rotatable bonds is 4. The standard InChI is InChI=1S/C26H30FN3O2S/c1-26(25(32)28-20-7-5-3-2-4-6-8-20)17-29-21-13-14-33-23(21)15-22(29)24(31)30(26)16-18-9-11-19(27)12-10-18/h9-15,20H,2-8,16-17H2,1H3,(H,28,32)/t26-/m0/s1. The van der Waals surface area contributed by atoms with Gasteiger partial charge in [-0.25, -0.2) is 4.39 Å². The van der Waals surface area contributed by atoms with Crippen LogP contribution >= 0.6 is 11.3 Å². The fourth-order valence-corrected chi connectivity index (χ4v) is 6.06. The summed E-state index contributed by atoms with van der Waals surface area (Å²) in [6.45, 7) is 2.52. The second kappa shape index (κ2) is 8.93. The predicted octanol–water partition coefficient (Wildman–Crippen LogP) is 5.49. The summed E-state index contributed by atoms with van der Waals surface area (Å²) in [5.74, 6) is -0.585. The Morgan fingerprint density at radius 2 is 1.82 bits per heavy atom. The number of hydrogen-bond donors (Lipinski definition) is 1.